The SMILES string of the molecule is Cc1nc([C@@H]2CCCN(C(=O)c3ccc(-n4cnnn4)cc3)C2)cc(=O)[nH]1. The summed E-state index contributed by atoms with van der Waals surface area (Å²) in [5.41, 5.74) is 2.00. The van der Waals surface area contributed by atoms with Crippen molar-refractivity contribution in [2.24, 2.45) is 0 Å². The molecular formula is C18H19N7O2. The van der Waals surface area contributed by atoms with Gasteiger partial charge in [0, 0.05) is 30.6 Å². The van der Waals surface area contributed by atoms with Crippen LogP contribution in [0.15, 0.2) is 41.5 Å². The minimum absolute atomic E-state index is 0.0236. The Labute approximate surface area is 155 Å². The fourth-order valence-electron chi connectivity index (χ4n) is 3.43. The topological polar surface area (TPSA) is 110 Å². The molecule has 27 heavy (non-hydrogen) atoms. The van der Waals surface area contributed by atoms with E-state index in [0.717, 1.165) is 24.2 Å². The molecule has 0 saturated carbocycles. The van der Waals surface area contributed by atoms with Crippen LogP contribution in [-0.4, -0.2) is 54.1 Å². The first-order chi connectivity index (χ1) is 13.1. The predicted octanol–water partition coefficient (Wildman–Crippen LogP) is 1.07. The fraction of sp³-hybridized carbons (Fsp3) is 0.333. The summed E-state index contributed by atoms with van der Waals surface area (Å²) in [7, 11) is 0. The van der Waals surface area contributed by atoms with Crippen LogP contribution in [0.3, 0.4) is 0 Å². The van der Waals surface area contributed by atoms with Gasteiger partial charge in [-0.05, 0) is 54.5 Å². The molecule has 3 heterocycles. The molecule has 3 aromatic rings. The number of aromatic amines is 1. The molecule has 9 heteroatoms. The highest BCUT2D eigenvalue weighted by molar-refractivity contribution is 5.94. The first kappa shape index (κ1) is 17.1. The zero-order chi connectivity index (χ0) is 18.8. The number of hydrogen-bond acceptors (Lipinski definition) is 6. The molecule has 138 valence electrons. The molecule has 1 N–H and O–H groups in total. The first-order valence-corrected chi connectivity index (χ1v) is 8.81. The summed E-state index contributed by atoms with van der Waals surface area (Å²) >= 11 is 0. The molecule has 1 aliphatic heterocycles. The lowest BCUT2D eigenvalue weighted by Crippen LogP contribution is -2.39. The number of hydrogen-bond donors (Lipinski definition) is 1. The van der Waals surface area contributed by atoms with E-state index in [0.29, 0.717) is 24.5 Å². The molecule has 0 spiro atoms. The molecule has 1 aromatic carbocycles. The van der Waals surface area contributed by atoms with Crippen molar-refractivity contribution in [1.82, 2.24) is 35.1 Å². The Kier molecular flexibility index (Phi) is 4.49. The summed E-state index contributed by atoms with van der Waals surface area (Å²) in [6.45, 7) is 3.03. The second-order valence-corrected chi connectivity index (χ2v) is 6.65. The molecule has 1 atom stereocenters. The summed E-state index contributed by atoms with van der Waals surface area (Å²) in [5.74, 6) is 0.646. The van der Waals surface area contributed by atoms with Crippen molar-refractivity contribution in [3.05, 3.63) is 64.1 Å². The third-order valence-electron chi connectivity index (χ3n) is 4.73. The minimum atomic E-state index is -0.154. The van der Waals surface area contributed by atoms with Crippen molar-refractivity contribution >= 4 is 5.91 Å². The minimum Gasteiger partial charge on any atom is -0.338 e. The number of carbonyl (C=O) groups excluding carboxylic acids is 1. The van der Waals surface area contributed by atoms with Gasteiger partial charge < -0.3 is 9.88 Å². The van der Waals surface area contributed by atoms with E-state index < -0.39 is 0 Å². The molecule has 9 nitrogen and oxygen atoms in total. The van der Waals surface area contributed by atoms with Crippen molar-refractivity contribution in [3.8, 4) is 5.69 Å². The molecule has 2 aromatic heterocycles. The van der Waals surface area contributed by atoms with Gasteiger partial charge in [-0.2, -0.15) is 0 Å². The monoisotopic (exact) mass is 365 g/mol. The Balaban J connectivity index is 1.50. The van der Waals surface area contributed by atoms with E-state index in [2.05, 4.69) is 25.5 Å². The van der Waals surface area contributed by atoms with Crippen molar-refractivity contribution in [2.45, 2.75) is 25.7 Å². The zero-order valence-electron chi connectivity index (χ0n) is 14.9. The Morgan fingerprint density at radius 3 is 2.78 bits per heavy atom. The number of nitrogens with one attached hydrogen (secondary N) is 1. The van der Waals surface area contributed by atoms with Gasteiger partial charge in [-0.1, -0.05) is 0 Å². The van der Waals surface area contributed by atoms with Crippen molar-refractivity contribution in [1.29, 1.82) is 0 Å². The van der Waals surface area contributed by atoms with E-state index in [9.17, 15) is 9.59 Å². The van der Waals surface area contributed by atoms with Gasteiger partial charge in [0.25, 0.3) is 11.5 Å². The molecule has 1 saturated heterocycles. The van der Waals surface area contributed by atoms with E-state index in [1.165, 1.54) is 17.1 Å². The molecular weight excluding hydrogens is 346 g/mol. The molecule has 0 aliphatic carbocycles. The summed E-state index contributed by atoms with van der Waals surface area (Å²) in [5, 5.41) is 11.0. The summed E-state index contributed by atoms with van der Waals surface area (Å²) in [4.78, 5) is 33.6. The van der Waals surface area contributed by atoms with Crippen molar-refractivity contribution < 1.29 is 4.79 Å². The number of benzene rings is 1. The molecule has 1 fully saturated rings. The van der Waals surface area contributed by atoms with Gasteiger partial charge in [-0.25, -0.2) is 9.67 Å². The lowest BCUT2D eigenvalue weighted by atomic mass is 9.94. The van der Waals surface area contributed by atoms with Crippen molar-refractivity contribution in [2.75, 3.05) is 13.1 Å². The van der Waals surface area contributed by atoms with Crippen molar-refractivity contribution in [3.63, 3.8) is 0 Å². The number of tetrazole rings is 1. The third-order valence-corrected chi connectivity index (χ3v) is 4.73. The molecule has 1 amide bonds. The Morgan fingerprint density at radius 2 is 2.07 bits per heavy atom. The molecule has 0 radical (unpaired) electrons. The van der Waals surface area contributed by atoms with E-state index in [1.54, 1.807) is 19.1 Å². The standard InChI is InChI=1S/C18H19N7O2/c1-12-20-16(9-17(26)21-12)14-3-2-8-24(10-14)18(27)13-4-6-15(7-5-13)25-11-19-22-23-25/h4-7,9,11,14H,2-3,8,10H2,1H3,(H,20,21,26)/t14-/m1/s1. The van der Waals surface area contributed by atoms with Gasteiger partial charge in [0.15, 0.2) is 0 Å². The normalized spacial score (nSPS) is 17.1. The molecule has 1 aliphatic rings. The quantitative estimate of drug-likeness (QED) is 0.744. The van der Waals surface area contributed by atoms with Crippen LogP contribution in [0.25, 0.3) is 5.69 Å². The number of likely N-dealkylation sites (tertiary alicyclic amines) is 1. The third kappa shape index (κ3) is 3.62. The average Bonchev–Trinajstić information content (AvgIpc) is 3.22. The van der Waals surface area contributed by atoms with Gasteiger partial charge in [-0.15, -0.1) is 5.10 Å². The average molecular weight is 365 g/mol. The first-order valence-electron chi connectivity index (χ1n) is 8.81. The van der Waals surface area contributed by atoms with Crippen LogP contribution in [0.2, 0.25) is 0 Å². The van der Waals surface area contributed by atoms with Gasteiger partial charge in [-0.3, -0.25) is 9.59 Å². The van der Waals surface area contributed by atoms with Crippen LogP contribution < -0.4 is 5.56 Å². The number of H-pyrrole nitrogens is 1. The largest absolute Gasteiger partial charge is 0.338 e. The summed E-state index contributed by atoms with van der Waals surface area (Å²) in [6, 6.07) is 8.71. The van der Waals surface area contributed by atoms with Gasteiger partial charge in [0.05, 0.1) is 11.4 Å². The van der Waals surface area contributed by atoms with Crippen LogP contribution >= 0.6 is 0 Å². The number of aryl methyl sites for hydroxylation is 1. The zero-order valence-corrected chi connectivity index (χ0v) is 14.9. The Morgan fingerprint density at radius 1 is 1.26 bits per heavy atom. The summed E-state index contributed by atoms with van der Waals surface area (Å²) in [6.07, 6.45) is 3.30. The number of piperidine rings is 1. The van der Waals surface area contributed by atoms with Crippen LogP contribution in [0.1, 0.15) is 40.6 Å². The predicted molar refractivity (Wildman–Crippen MR) is 96.6 cm³/mol. The highest BCUT2D eigenvalue weighted by atomic mass is 16.2. The van der Waals surface area contributed by atoms with E-state index in [-0.39, 0.29) is 17.4 Å². The number of nitrogens with zero attached hydrogens (tertiary/aromatic N) is 6. The van der Waals surface area contributed by atoms with Crippen LogP contribution in [0, 0.1) is 6.92 Å². The van der Waals surface area contributed by atoms with Crippen LogP contribution in [-0.2, 0) is 0 Å². The van der Waals surface area contributed by atoms with E-state index in [1.807, 2.05) is 17.0 Å². The van der Waals surface area contributed by atoms with Gasteiger partial charge >= 0.3 is 0 Å². The second kappa shape index (κ2) is 7.10. The lowest BCUT2D eigenvalue weighted by Gasteiger charge is -2.32. The molecule has 0 bridgehead atoms. The fourth-order valence-corrected chi connectivity index (χ4v) is 3.43. The Bertz CT molecular complexity index is 995. The maximum atomic E-state index is 12.9. The maximum absolute atomic E-state index is 12.9. The highest BCUT2D eigenvalue weighted by Crippen LogP contribution is 2.26. The Hall–Kier alpha value is -3.36. The van der Waals surface area contributed by atoms with Gasteiger partial charge in [0.1, 0.15) is 12.2 Å². The number of rotatable bonds is 3. The summed E-state index contributed by atoms with van der Waals surface area (Å²) < 4.78 is 1.53. The van der Waals surface area contributed by atoms with E-state index in [4.69, 9.17) is 0 Å². The smallest absolute Gasteiger partial charge is 0.253 e. The molecule has 4 rings (SSSR count). The second-order valence-electron chi connectivity index (χ2n) is 6.65. The van der Waals surface area contributed by atoms with Gasteiger partial charge in [0.2, 0.25) is 0 Å². The number of amides is 1. The maximum Gasteiger partial charge on any atom is 0.253 e. The molecule has 0 unspecified atom stereocenters. The number of carbonyl (C=O) groups is 1. The van der Waals surface area contributed by atoms with Crippen LogP contribution in [0.5, 0.6) is 0 Å². The lowest BCUT2D eigenvalue weighted by molar-refractivity contribution is 0.0706. The highest BCUT2D eigenvalue weighted by Gasteiger charge is 2.26. The van der Waals surface area contributed by atoms with E-state index >= 15 is 0 Å². The number of aromatic nitrogens is 6. The van der Waals surface area contributed by atoms with Crippen LogP contribution in [0.4, 0.5) is 0 Å².